The van der Waals surface area contributed by atoms with Gasteiger partial charge in [-0.2, -0.15) is 5.26 Å². The number of nitriles is 1. The van der Waals surface area contributed by atoms with Crippen molar-refractivity contribution in [3.8, 4) is 6.07 Å². The molecule has 88 valence electrons. The molecule has 0 aliphatic carbocycles. The molecule has 1 aliphatic rings. The normalized spacial score (nSPS) is 15.4. The summed E-state index contributed by atoms with van der Waals surface area (Å²) in [6.45, 7) is 4.30. The van der Waals surface area contributed by atoms with E-state index in [-0.39, 0.29) is 5.91 Å². The Kier molecular flexibility index (Phi) is 3.40. The highest BCUT2D eigenvalue weighted by Crippen LogP contribution is 2.12. The molecule has 0 aromatic heterocycles. The largest absolute Gasteiger partial charge is 0.378 e. The predicted molar refractivity (Wildman–Crippen MR) is 62.6 cm³/mol. The molecule has 4 nitrogen and oxygen atoms in total. The van der Waals surface area contributed by atoms with Crippen molar-refractivity contribution in [3.63, 3.8) is 0 Å². The third-order valence-corrected chi connectivity index (χ3v) is 2.75. The van der Waals surface area contributed by atoms with Crippen molar-refractivity contribution in [1.29, 1.82) is 5.26 Å². The predicted octanol–water partition coefficient (Wildman–Crippen LogP) is 1.34. The lowest BCUT2D eigenvalue weighted by Crippen LogP contribution is -2.40. The van der Waals surface area contributed by atoms with Gasteiger partial charge in [0.1, 0.15) is 0 Å². The van der Waals surface area contributed by atoms with Crippen LogP contribution >= 0.6 is 0 Å². The number of hydrogen-bond donors (Lipinski definition) is 0. The van der Waals surface area contributed by atoms with Gasteiger partial charge in [0.2, 0.25) is 0 Å². The number of morpholine rings is 1. The van der Waals surface area contributed by atoms with Crippen molar-refractivity contribution in [3.05, 3.63) is 34.9 Å². The SMILES string of the molecule is Cc1cc(C#N)cc(C(=O)N2CCOCC2)c1. The van der Waals surface area contributed by atoms with Gasteiger partial charge in [0.25, 0.3) is 5.91 Å². The van der Waals surface area contributed by atoms with Crippen LogP contribution in [0.1, 0.15) is 21.5 Å². The molecular weight excluding hydrogens is 216 g/mol. The number of benzene rings is 1. The van der Waals surface area contributed by atoms with Gasteiger partial charge in [0, 0.05) is 18.7 Å². The minimum atomic E-state index is -0.0199. The maximum absolute atomic E-state index is 12.2. The van der Waals surface area contributed by atoms with Gasteiger partial charge in [-0.05, 0) is 30.7 Å². The maximum atomic E-state index is 12.2. The van der Waals surface area contributed by atoms with Gasteiger partial charge >= 0.3 is 0 Å². The van der Waals surface area contributed by atoms with Crippen molar-refractivity contribution in [1.82, 2.24) is 4.90 Å². The second-order valence-corrected chi connectivity index (χ2v) is 4.10. The van der Waals surface area contributed by atoms with Gasteiger partial charge in [-0.15, -0.1) is 0 Å². The van der Waals surface area contributed by atoms with Crippen LogP contribution in [-0.2, 0) is 4.74 Å². The lowest BCUT2D eigenvalue weighted by molar-refractivity contribution is 0.0303. The zero-order chi connectivity index (χ0) is 12.3. The van der Waals surface area contributed by atoms with Gasteiger partial charge in [0.05, 0.1) is 24.8 Å². The molecule has 0 radical (unpaired) electrons. The molecule has 0 saturated carbocycles. The Morgan fingerprint density at radius 2 is 2.06 bits per heavy atom. The molecule has 1 aromatic carbocycles. The second kappa shape index (κ2) is 4.98. The number of carbonyl (C=O) groups excluding carboxylic acids is 1. The van der Waals surface area contributed by atoms with Crippen LogP contribution in [0.2, 0.25) is 0 Å². The Bertz CT molecular complexity index is 471. The van der Waals surface area contributed by atoms with E-state index in [1.165, 1.54) is 0 Å². The van der Waals surface area contributed by atoms with Crippen molar-refractivity contribution in [2.24, 2.45) is 0 Å². The van der Waals surface area contributed by atoms with Crippen LogP contribution in [0.3, 0.4) is 0 Å². The average Bonchev–Trinajstić information content (AvgIpc) is 2.38. The number of ether oxygens (including phenoxy) is 1. The van der Waals surface area contributed by atoms with Gasteiger partial charge in [-0.25, -0.2) is 0 Å². The highest BCUT2D eigenvalue weighted by Gasteiger charge is 2.18. The van der Waals surface area contributed by atoms with Crippen LogP contribution in [0.4, 0.5) is 0 Å². The Labute approximate surface area is 100 Å². The van der Waals surface area contributed by atoms with E-state index in [1.807, 2.05) is 13.0 Å². The zero-order valence-electron chi connectivity index (χ0n) is 9.77. The van der Waals surface area contributed by atoms with E-state index in [1.54, 1.807) is 17.0 Å². The highest BCUT2D eigenvalue weighted by atomic mass is 16.5. The van der Waals surface area contributed by atoms with E-state index in [2.05, 4.69) is 6.07 Å². The van der Waals surface area contributed by atoms with Crippen LogP contribution in [0.15, 0.2) is 18.2 Å². The number of aryl methyl sites for hydroxylation is 1. The summed E-state index contributed by atoms with van der Waals surface area (Å²) >= 11 is 0. The lowest BCUT2D eigenvalue weighted by atomic mass is 10.1. The Morgan fingerprint density at radius 1 is 1.35 bits per heavy atom. The first-order valence-corrected chi connectivity index (χ1v) is 5.59. The first-order valence-electron chi connectivity index (χ1n) is 5.59. The molecule has 0 unspecified atom stereocenters. The second-order valence-electron chi connectivity index (χ2n) is 4.10. The summed E-state index contributed by atoms with van der Waals surface area (Å²) < 4.78 is 5.21. The number of carbonyl (C=O) groups is 1. The number of hydrogen-bond acceptors (Lipinski definition) is 3. The fourth-order valence-electron chi connectivity index (χ4n) is 1.92. The van der Waals surface area contributed by atoms with Gasteiger partial charge < -0.3 is 9.64 Å². The van der Waals surface area contributed by atoms with Crippen molar-refractivity contribution in [2.75, 3.05) is 26.3 Å². The monoisotopic (exact) mass is 230 g/mol. The van der Waals surface area contributed by atoms with Crippen LogP contribution in [0.5, 0.6) is 0 Å². The van der Waals surface area contributed by atoms with Crippen molar-refractivity contribution in [2.45, 2.75) is 6.92 Å². The molecule has 1 heterocycles. The van der Waals surface area contributed by atoms with Crippen molar-refractivity contribution < 1.29 is 9.53 Å². The van der Waals surface area contributed by atoms with E-state index >= 15 is 0 Å². The van der Waals surface area contributed by atoms with Crippen molar-refractivity contribution >= 4 is 5.91 Å². The Balaban J connectivity index is 2.24. The van der Waals surface area contributed by atoms with Gasteiger partial charge in [0.15, 0.2) is 0 Å². The summed E-state index contributed by atoms with van der Waals surface area (Å²) in [5.74, 6) is -0.0199. The maximum Gasteiger partial charge on any atom is 0.254 e. The molecule has 0 N–H and O–H groups in total. The first-order chi connectivity index (χ1) is 8.20. The number of amides is 1. The molecule has 2 rings (SSSR count). The van der Waals surface area contributed by atoms with E-state index < -0.39 is 0 Å². The summed E-state index contributed by atoms with van der Waals surface area (Å²) in [5.41, 5.74) is 2.05. The molecule has 1 aromatic rings. The van der Waals surface area contributed by atoms with E-state index in [9.17, 15) is 4.79 Å². The highest BCUT2D eigenvalue weighted by molar-refractivity contribution is 5.94. The molecule has 1 fully saturated rings. The molecule has 1 aliphatic heterocycles. The molecule has 1 amide bonds. The molecule has 0 spiro atoms. The molecule has 1 saturated heterocycles. The third kappa shape index (κ3) is 2.63. The fraction of sp³-hybridized carbons (Fsp3) is 0.385. The minimum Gasteiger partial charge on any atom is -0.378 e. The molecule has 0 bridgehead atoms. The summed E-state index contributed by atoms with van der Waals surface area (Å²) in [6.07, 6.45) is 0. The van der Waals surface area contributed by atoms with E-state index in [4.69, 9.17) is 10.00 Å². The smallest absolute Gasteiger partial charge is 0.254 e. The number of nitrogens with zero attached hydrogens (tertiary/aromatic N) is 2. The molecular formula is C13H14N2O2. The number of rotatable bonds is 1. The first kappa shape index (κ1) is 11.6. The van der Waals surface area contributed by atoms with Crippen LogP contribution < -0.4 is 0 Å². The van der Waals surface area contributed by atoms with E-state index in [0.717, 1.165) is 5.56 Å². The van der Waals surface area contributed by atoms with Crippen LogP contribution in [-0.4, -0.2) is 37.1 Å². The summed E-state index contributed by atoms with van der Waals surface area (Å²) in [5, 5.41) is 8.88. The average molecular weight is 230 g/mol. The topological polar surface area (TPSA) is 53.3 Å². The van der Waals surface area contributed by atoms with Crippen LogP contribution in [0.25, 0.3) is 0 Å². The summed E-state index contributed by atoms with van der Waals surface area (Å²) in [6, 6.07) is 7.31. The third-order valence-electron chi connectivity index (χ3n) is 2.75. The standard InChI is InChI=1S/C13H14N2O2/c1-10-6-11(9-14)8-12(7-10)13(16)15-2-4-17-5-3-15/h6-8H,2-5H2,1H3. The minimum absolute atomic E-state index is 0.0199. The summed E-state index contributed by atoms with van der Waals surface area (Å²) in [7, 11) is 0. The van der Waals surface area contributed by atoms with Gasteiger partial charge in [-0.1, -0.05) is 0 Å². The molecule has 0 atom stereocenters. The zero-order valence-corrected chi connectivity index (χ0v) is 9.77. The van der Waals surface area contributed by atoms with Crippen LogP contribution in [0, 0.1) is 18.3 Å². The molecule has 4 heteroatoms. The molecule has 17 heavy (non-hydrogen) atoms. The summed E-state index contributed by atoms with van der Waals surface area (Å²) in [4.78, 5) is 13.9. The lowest BCUT2D eigenvalue weighted by Gasteiger charge is -2.27. The Morgan fingerprint density at radius 3 is 2.71 bits per heavy atom. The quantitative estimate of drug-likeness (QED) is 0.731. The van der Waals surface area contributed by atoms with E-state index in [0.29, 0.717) is 37.4 Å². The van der Waals surface area contributed by atoms with Gasteiger partial charge in [-0.3, -0.25) is 4.79 Å². The Hall–Kier alpha value is -1.86. The fourth-order valence-corrected chi connectivity index (χ4v) is 1.92.